The van der Waals surface area contributed by atoms with Crippen LogP contribution < -0.4 is 0 Å². The molecule has 0 aromatic heterocycles. The maximum Gasteiger partial charge on any atom is 0.469 e. The highest BCUT2D eigenvalue weighted by Gasteiger charge is 2.96. The van der Waals surface area contributed by atoms with Gasteiger partial charge in [0.25, 0.3) is 0 Å². The van der Waals surface area contributed by atoms with E-state index < -0.39 is 77.8 Å². The first kappa shape index (κ1) is 34.4. The van der Waals surface area contributed by atoms with Gasteiger partial charge in [-0.3, -0.25) is 0 Å². The molecule has 0 atom stereocenters. The minimum absolute atomic E-state index is 0.314. The van der Waals surface area contributed by atoms with E-state index in [1.54, 1.807) is 0 Å². The van der Waals surface area contributed by atoms with Gasteiger partial charge in [0.2, 0.25) is 0 Å². The molecule has 0 N–H and O–H groups in total. The van der Waals surface area contributed by atoms with Crippen LogP contribution >= 0.6 is 0 Å². The Morgan fingerprint density at radius 2 is 0.639 bits per heavy atom. The Balaban J connectivity index is 7.14. The predicted molar refractivity (Wildman–Crippen MR) is 68.7 cm³/mol. The fourth-order valence-corrected chi connectivity index (χ4v) is 2.16. The van der Waals surface area contributed by atoms with Crippen LogP contribution in [0.5, 0.6) is 0 Å². The van der Waals surface area contributed by atoms with Crippen molar-refractivity contribution < 1.29 is 96.6 Å². The lowest BCUT2D eigenvalue weighted by molar-refractivity contribution is -0.481. The molecule has 0 amide bonds. The Bertz CT molecular complexity index is 772. The number of nitrogens with zero attached hydrogens (tertiary/aromatic N) is 1. The van der Waals surface area contributed by atoms with Crippen molar-refractivity contribution in [3.8, 4) is 0 Å². The molecule has 0 aliphatic rings. The van der Waals surface area contributed by atoms with Crippen LogP contribution in [0.4, 0.5) is 96.6 Å². The lowest BCUT2D eigenvalue weighted by Gasteiger charge is -2.45. The summed E-state index contributed by atoms with van der Waals surface area (Å²) in [6.45, 7) is -2.45. The number of alkyl halides is 22. The third-order valence-corrected chi connectivity index (χ3v) is 4.17. The van der Waals surface area contributed by atoms with E-state index in [0.717, 1.165) is 0 Å². The first-order valence-electron chi connectivity index (χ1n) is 8.13. The third-order valence-electron chi connectivity index (χ3n) is 4.17. The summed E-state index contributed by atoms with van der Waals surface area (Å²) in [5.74, 6) is -53.1. The minimum atomic E-state index is -9.10. The highest BCUT2D eigenvalue weighted by Crippen LogP contribution is 2.64. The molecule has 0 unspecified atom stereocenters. The largest absolute Gasteiger partial charge is 0.469 e. The second-order valence-electron chi connectivity index (χ2n) is 6.68. The maximum absolute atomic E-state index is 13.8. The molecule has 0 bridgehead atoms. The standard InChI is InChI=1S/C13H7F22N/c1-2-3-36(13(34,35)11(29,30)31)12(32,33)9(24,25)7(20,21)5(16,17)4(14,15)6(18,19)8(22,23)10(26,27)28/h2-3H2,1H3. The first-order chi connectivity index (χ1) is 15.2. The molecule has 23 heteroatoms. The molecule has 218 valence electrons. The molecule has 0 rings (SSSR count). The molecule has 1 nitrogen and oxygen atoms in total. The van der Waals surface area contributed by atoms with Gasteiger partial charge in [-0.05, 0) is 6.42 Å². The van der Waals surface area contributed by atoms with Gasteiger partial charge in [0.1, 0.15) is 0 Å². The SMILES string of the molecule is CCCN(C(F)(F)C(F)(F)F)C(F)(F)C(F)(F)C(F)(F)C(F)(F)C(F)(F)C(F)(F)C(F)(F)C(F)(F)F. The summed E-state index contributed by atoms with van der Waals surface area (Å²) in [5.41, 5.74) is 0. The zero-order chi connectivity index (χ0) is 30.0. The van der Waals surface area contributed by atoms with Crippen LogP contribution in [0.2, 0.25) is 0 Å². The molecule has 0 aromatic rings. The van der Waals surface area contributed by atoms with E-state index in [1.165, 1.54) is 0 Å². The lowest BCUT2D eigenvalue weighted by atomic mass is 9.90. The number of hydrogen-bond donors (Lipinski definition) is 0. The fraction of sp³-hybridized carbons (Fsp3) is 1.00. The lowest BCUT2D eigenvalue weighted by Crippen LogP contribution is -2.77. The summed E-state index contributed by atoms with van der Waals surface area (Å²) < 4.78 is 287. The zero-order valence-electron chi connectivity index (χ0n) is 16.2. The molecule has 0 aliphatic heterocycles. The van der Waals surface area contributed by atoms with E-state index in [4.69, 9.17) is 0 Å². The van der Waals surface area contributed by atoms with Gasteiger partial charge in [0, 0.05) is 6.54 Å². The van der Waals surface area contributed by atoms with Crippen molar-refractivity contribution in [1.82, 2.24) is 4.90 Å². The summed E-state index contributed by atoms with van der Waals surface area (Å²) >= 11 is 0. The Morgan fingerprint density at radius 1 is 0.361 bits per heavy atom. The topological polar surface area (TPSA) is 3.24 Å². The molecular weight excluding hydrogens is 588 g/mol. The van der Waals surface area contributed by atoms with Crippen molar-refractivity contribution in [3.05, 3.63) is 0 Å². The average molecular weight is 595 g/mol. The van der Waals surface area contributed by atoms with E-state index in [0.29, 0.717) is 6.92 Å². The van der Waals surface area contributed by atoms with Gasteiger partial charge in [-0.2, -0.15) is 101 Å². The number of hydrogen-bond acceptors (Lipinski definition) is 1. The van der Waals surface area contributed by atoms with Gasteiger partial charge in [-0.1, -0.05) is 6.92 Å². The quantitative estimate of drug-likeness (QED) is 0.184. The van der Waals surface area contributed by atoms with Crippen molar-refractivity contribution in [1.29, 1.82) is 0 Å². The maximum atomic E-state index is 13.8. The molecule has 0 saturated heterocycles. The third kappa shape index (κ3) is 4.39. The Hall–Kier alpha value is -1.58. The van der Waals surface area contributed by atoms with E-state index in [1.807, 2.05) is 0 Å². The van der Waals surface area contributed by atoms with Gasteiger partial charge >= 0.3 is 60.0 Å². The van der Waals surface area contributed by atoms with Gasteiger partial charge < -0.3 is 0 Å². The van der Waals surface area contributed by atoms with Gasteiger partial charge in [0.05, 0.1) is 0 Å². The van der Waals surface area contributed by atoms with Crippen LogP contribution in [-0.4, -0.2) is 71.4 Å². The van der Waals surface area contributed by atoms with Crippen molar-refractivity contribution in [3.63, 3.8) is 0 Å². The summed E-state index contributed by atoms with van der Waals surface area (Å²) in [6.07, 6.45) is -16.9. The van der Waals surface area contributed by atoms with Crippen LogP contribution in [0, 0.1) is 0 Å². The summed E-state index contributed by atoms with van der Waals surface area (Å²) in [7, 11) is 0. The summed E-state index contributed by atoms with van der Waals surface area (Å²) in [6, 6.07) is -15.4. The van der Waals surface area contributed by atoms with Gasteiger partial charge in [-0.15, -0.1) is 0 Å². The number of rotatable bonds is 10. The molecule has 0 aromatic carbocycles. The summed E-state index contributed by atoms with van der Waals surface area (Å²) in [4.78, 5) is -3.26. The molecular formula is C13H7F22N. The molecule has 0 spiro atoms. The normalized spacial score (nSPS) is 16.7. The first-order valence-corrected chi connectivity index (χ1v) is 8.13. The van der Waals surface area contributed by atoms with Crippen LogP contribution in [0.1, 0.15) is 13.3 Å². The smallest absolute Gasteiger partial charge is 0.192 e. The number of halogens is 22. The highest BCUT2D eigenvalue weighted by molar-refractivity contribution is 5.15. The monoisotopic (exact) mass is 595 g/mol. The molecule has 0 saturated carbocycles. The minimum Gasteiger partial charge on any atom is -0.192 e. The Labute approximate surface area is 183 Å². The second-order valence-corrected chi connectivity index (χ2v) is 6.68. The highest BCUT2D eigenvalue weighted by atomic mass is 19.4. The van der Waals surface area contributed by atoms with Crippen LogP contribution in [0.25, 0.3) is 0 Å². The van der Waals surface area contributed by atoms with Crippen molar-refractivity contribution in [2.75, 3.05) is 6.54 Å². The summed E-state index contributed by atoms with van der Waals surface area (Å²) in [5, 5.41) is 0. The molecule has 0 fully saturated rings. The average Bonchev–Trinajstić information content (AvgIpc) is 2.62. The Morgan fingerprint density at radius 3 is 0.889 bits per heavy atom. The van der Waals surface area contributed by atoms with Gasteiger partial charge in [-0.25, -0.2) is 0 Å². The zero-order valence-corrected chi connectivity index (χ0v) is 16.2. The van der Waals surface area contributed by atoms with Crippen LogP contribution in [0.3, 0.4) is 0 Å². The van der Waals surface area contributed by atoms with E-state index >= 15 is 0 Å². The fourth-order valence-electron chi connectivity index (χ4n) is 2.16. The molecule has 0 aliphatic carbocycles. The van der Waals surface area contributed by atoms with Crippen molar-refractivity contribution >= 4 is 0 Å². The van der Waals surface area contributed by atoms with Crippen LogP contribution in [0.15, 0.2) is 0 Å². The molecule has 36 heavy (non-hydrogen) atoms. The Kier molecular flexibility index (Phi) is 8.35. The predicted octanol–water partition coefficient (Wildman–Crippen LogP) is 7.82. The van der Waals surface area contributed by atoms with Crippen LogP contribution in [-0.2, 0) is 0 Å². The second kappa shape index (κ2) is 8.73. The van der Waals surface area contributed by atoms with Crippen molar-refractivity contribution in [2.24, 2.45) is 0 Å². The van der Waals surface area contributed by atoms with E-state index in [2.05, 4.69) is 0 Å². The van der Waals surface area contributed by atoms with E-state index in [-0.39, 0.29) is 0 Å². The molecule has 0 heterocycles. The molecule has 0 radical (unpaired) electrons. The van der Waals surface area contributed by atoms with Crippen molar-refractivity contribution in [2.45, 2.75) is 73.3 Å². The van der Waals surface area contributed by atoms with E-state index in [9.17, 15) is 96.6 Å². The van der Waals surface area contributed by atoms with Gasteiger partial charge in [0.15, 0.2) is 0 Å².